The van der Waals surface area contributed by atoms with Gasteiger partial charge in [-0.15, -0.1) is 0 Å². The predicted octanol–water partition coefficient (Wildman–Crippen LogP) is 2.11. The molecule has 5 heteroatoms. The predicted molar refractivity (Wildman–Crippen MR) is 66.9 cm³/mol. The van der Waals surface area contributed by atoms with Gasteiger partial charge in [-0.3, -0.25) is 4.79 Å². The van der Waals surface area contributed by atoms with Crippen LogP contribution in [0.5, 0.6) is 0 Å². The second-order valence-corrected chi connectivity index (χ2v) is 4.64. The first-order chi connectivity index (χ1) is 8.19. The van der Waals surface area contributed by atoms with Crippen molar-refractivity contribution in [3.63, 3.8) is 0 Å². The molecule has 92 valence electrons. The Morgan fingerprint density at radius 2 is 2.41 bits per heavy atom. The molecule has 0 spiro atoms. The molecule has 1 N–H and O–H groups in total. The van der Waals surface area contributed by atoms with Gasteiger partial charge in [0.2, 0.25) is 5.91 Å². The van der Waals surface area contributed by atoms with Crippen LogP contribution >= 0.6 is 11.6 Å². The zero-order valence-electron chi connectivity index (χ0n) is 9.70. The highest BCUT2D eigenvalue weighted by Gasteiger charge is 2.25. The number of allylic oxidation sites excluding steroid dienone is 4. The van der Waals surface area contributed by atoms with Gasteiger partial charge >= 0.3 is 0 Å². The largest absolute Gasteiger partial charge is 0.391 e. The normalized spacial score (nSPS) is 23.4. The Morgan fingerprint density at radius 3 is 3.06 bits per heavy atom. The van der Waals surface area contributed by atoms with Gasteiger partial charge in [0.05, 0.1) is 12.1 Å². The van der Waals surface area contributed by atoms with Gasteiger partial charge in [0.25, 0.3) is 0 Å². The Labute approximate surface area is 105 Å². The van der Waals surface area contributed by atoms with E-state index < -0.39 is 0 Å². The summed E-state index contributed by atoms with van der Waals surface area (Å²) in [5.74, 6) is -0.0213. The molecule has 1 aliphatic carbocycles. The molecule has 1 heterocycles. The van der Waals surface area contributed by atoms with E-state index in [2.05, 4.69) is 10.5 Å². The average Bonchev–Trinajstić information content (AvgIpc) is 2.78. The third-order valence-electron chi connectivity index (χ3n) is 2.89. The number of hydrogen-bond acceptors (Lipinski definition) is 3. The van der Waals surface area contributed by atoms with Crippen LogP contribution in [0.3, 0.4) is 0 Å². The number of rotatable bonds is 3. The van der Waals surface area contributed by atoms with Crippen molar-refractivity contribution >= 4 is 23.2 Å². The van der Waals surface area contributed by atoms with Crippen LogP contribution in [0.1, 0.15) is 25.7 Å². The van der Waals surface area contributed by atoms with Crippen molar-refractivity contribution in [3.8, 4) is 0 Å². The monoisotopic (exact) mass is 254 g/mol. The maximum Gasteiger partial charge on any atom is 0.223 e. The highest BCUT2D eigenvalue weighted by Crippen LogP contribution is 2.26. The van der Waals surface area contributed by atoms with Crippen LogP contribution in [-0.2, 0) is 9.63 Å². The van der Waals surface area contributed by atoms with Gasteiger partial charge in [-0.1, -0.05) is 22.8 Å². The smallest absolute Gasteiger partial charge is 0.223 e. The quantitative estimate of drug-likeness (QED) is 0.839. The van der Waals surface area contributed by atoms with Crippen molar-refractivity contribution in [3.05, 3.63) is 22.8 Å². The van der Waals surface area contributed by atoms with Crippen LogP contribution in [0.15, 0.2) is 27.9 Å². The van der Waals surface area contributed by atoms with Crippen LogP contribution in [0.2, 0.25) is 0 Å². The van der Waals surface area contributed by atoms with Gasteiger partial charge in [-0.25, -0.2) is 0 Å². The lowest BCUT2D eigenvalue weighted by Gasteiger charge is -2.10. The van der Waals surface area contributed by atoms with E-state index >= 15 is 0 Å². The number of oxime groups is 1. The van der Waals surface area contributed by atoms with Crippen molar-refractivity contribution in [2.24, 2.45) is 5.16 Å². The number of nitrogens with one attached hydrogen (secondary N) is 1. The summed E-state index contributed by atoms with van der Waals surface area (Å²) in [4.78, 5) is 16.5. The summed E-state index contributed by atoms with van der Waals surface area (Å²) in [6.07, 6.45) is 6.55. The maximum atomic E-state index is 11.2. The summed E-state index contributed by atoms with van der Waals surface area (Å²) in [5.41, 5.74) is 2.10. The van der Waals surface area contributed by atoms with E-state index in [4.69, 9.17) is 16.4 Å². The molecule has 0 fully saturated rings. The molecule has 0 aromatic heterocycles. The zero-order valence-corrected chi connectivity index (χ0v) is 10.5. The Kier molecular flexibility index (Phi) is 3.84. The summed E-state index contributed by atoms with van der Waals surface area (Å²) < 4.78 is 0. The standard InChI is InChI=1S/C12H15ClN2O2/c1-14-12(16)7-10-6-11(15-17-10)8-2-4-9(13)5-3-8/h2,4,10H,3,5-7H2,1H3,(H,14,16). The molecule has 1 aliphatic heterocycles. The lowest BCUT2D eigenvalue weighted by Crippen LogP contribution is -2.24. The van der Waals surface area contributed by atoms with Crippen LogP contribution in [0.4, 0.5) is 0 Å². The van der Waals surface area contributed by atoms with E-state index in [0.29, 0.717) is 12.8 Å². The summed E-state index contributed by atoms with van der Waals surface area (Å²) in [6, 6.07) is 0. The Morgan fingerprint density at radius 1 is 1.59 bits per heavy atom. The molecule has 2 rings (SSSR count). The number of carbonyl (C=O) groups excluding carboxylic acids is 1. The van der Waals surface area contributed by atoms with Crippen LogP contribution in [-0.4, -0.2) is 24.8 Å². The van der Waals surface area contributed by atoms with Crippen LogP contribution in [0.25, 0.3) is 0 Å². The number of halogens is 1. The summed E-state index contributed by atoms with van der Waals surface area (Å²) in [7, 11) is 1.62. The van der Waals surface area contributed by atoms with E-state index in [1.165, 1.54) is 0 Å². The molecule has 17 heavy (non-hydrogen) atoms. The molecule has 1 unspecified atom stereocenters. The van der Waals surface area contributed by atoms with Crippen LogP contribution < -0.4 is 5.32 Å². The maximum absolute atomic E-state index is 11.2. The lowest BCUT2D eigenvalue weighted by atomic mass is 9.96. The molecule has 0 bridgehead atoms. The molecule has 1 atom stereocenters. The third-order valence-corrected chi connectivity index (χ3v) is 3.21. The minimum Gasteiger partial charge on any atom is -0.391 e. The second kappa shape index (κ2) is 5.36. The van der Waals surface area contributed by atoms with Gasteiger partial charge in [0, 0.05) is 18.5 Å². The van der Waals surface area contributed by atoms with Gasteiger partial charge in [-0.2, -0.15) is 0 Å². The van der Waals surface area contributed by atoms with Crippen LogP contribution in [0, 0.1) is 0 Å². The first-order valence-corrected chi connectivity index (χ1v) is 6.05. The Bertz CT molecular complexity index is 413. The first-order valence-electron chi connectivity index (χ1n) is 5.68. The van der Waals surface area contributed by atoms with Gasteiger partial charge < -0.3 is 10.2 Å². The molecule has 0 aromatic carbocycles. The van der Waals surface area contributed by atoms with Gasteiger partial charge in [0.1, 0.15) is 6.10 Å². The van der Waals surface area contributed by atoms with E-state index in [1.54, 1.807) is 7.05 Å². The first kappa shape index (κ1) is 12.2. The number of amides is 1. The molecule has 2 aliphatic rings. The number of hydrogen-bond donors (Lipinski definition) is 1. The summed E-state index contributed by atoms with van der Waals surface area (Å²) in [6.45, 7) is 0. The van der Waals surface area contributed by atoms with Gasteiger partial charge in [0.15, 0.2) is 0 Å². The fourth-order valence-electron chi connectivity index (χ4n) is 1.89. The number of carbonyl (C=O) groups is 1. The molecule has 4 nitrogen and oxygen atoms in total. The molecule has 1 amide bonds. The number of nitrogens with zero attached hydrogens (tertiary/aromatic N) is 1. The zero-order chi connectivity index (χ0) is 12.3. The fourth-order valence-corrected chi connectivity index (χ4v) is 2.05. The van der Waals surface area contributed by atoms with Crippen molar-refractivity contribution in [2.45, 2.75) is 31.8 Å². The minimum atomic E-state index is -0.132. The van der Waals surface area contributed by atoms with Crippen molar-refractivity contribution < 1.29 is 9.63 Å². The van der Waals surface area contributed by atoms with E-state index in [1.807, 2.05) is 12.2 Å². The molecule has 0 saturated carbocycles. The minimum absolute atomic E-state index is 0.0213. The average molecular weight is 255 g/mol. The Balaban J connectivity index is 1.91. The third kappa shape index (κ3) is 3.09. The SMILES string of the molecule is CNC(=O)CC1CC(C2=CC=C(Cl)CC2)=NO1. The molecule has 0 radical (unpaired) electrons. The van der Waals surface area contributed by atoms with Crippen molar-refractivity contribution in [1.82, 2.24) is 5.32 Å². The molecular formula is C12H15ClN2O2. The Hall–Kier alpha value is -1.29. The lowest BCUT2D eigenvalue weighted by molar-refractivity contribution is -0.123. The molecular weight excluding hydrogens is 240 g/mol. The van der Waals surface area contributed by atoms with Gasteiger partial charge in [-0.05, 0) is 24.5 Å². The van der Waals surface area contributed by atoms with Crippen molar-refractivity contribution in [2.75, 3.05) is 7.05 Å². The van der Waals surface area contributed by atoms with E-state index in [-0.39, 0.29) is 12.0 Å². The molecule has 0 aromatic rings. The highest BCUT2D eigenvalue weighted by molar-refractivity contribution is 6.29. The molecule has 0 saturated heterocycles. The highest BCUT2D eigenvalue weighted by atomic mass is 35.5. The van der Waals surface area contributed by atoms with E-state index in [9.17, 15) is 4.79 Å². The van der Waals surface area contributed by atoms with Crippen molar-refractivity contribution in [1.29, 1.82) is 0 Å². The summed E-state index contributed by atoms with van der Waals surface area (Å²) in [5, 5.41) is 7.50. The van der Waals surface area contributed by atoms with E-state index in [0.717, 1.165) is 29.2 Å². The topological polar surface area (TPSA) is 50.7 Å². The fraction of sp³-hybridized carbons (Fsp3) is 0.500. The summed E-state index contributed by atoms with van der Waals surface area (Å²) >= 11 is 5.90. The second-order valence-electron chi connectivity index (χ2n) is 4.15.